The van der Waals surface area contributed by atoms with E-state index < -0.39 is 80.8 Å². The molecule has 133 heavy (non-hydrogen) atoms. The number of ketones is 5. The number of hydrogen-bond acceptors (Lipinski definition) is 29. The van der Waals surface area contributed by atoms with Gasteiger partial charge in [0.15, 0.2) is 28.9 Å². The number of fused-ring (bicyclic) bond motifs is 5. The fourth-order valence-corrected chi connectivity index (χ4v) is 15.4. The summed E-state index contributed by atoms with van der Waals surface area (Å²) in [5.74, 6) is -3.63. The lowest BCUT2D eigenvalue weighted by atomic mass is 9.70. The monoisotopic (exact) mass is 1820 g/mol. The third kappa shape index (κ3) is 27.3. The van der Waals surface area contributed by atoms with Gasteiger partial charge in [-0.2, -0.15) is 0 Å². The van der Waals surface area contributed by atoms with Crippen molar-refractivity contribution in [3.63, 3.8) is 0 Å². The normalized spacial score (nSPS) is 14.8. The van der Waals surface area contributed by atoms with Gasteiger partial charge in [0.05, 0.1) is 27.7 Å². The molecule has 9 aromatic rings. The minimum atomic E-state index is -1.34. The molecule has 1 aliphatic carbocycles. The highest BCUT2D eigenvalue weighted by Gasteiger charge is 2.52. The van der Waals surface area contributed by atoms with E-state index in [1.807, 2.05) is 172 Å². The van der Waals surface area contributed by atoms with Crippen molar-refractivity contribution in [2.45, 2.75) is 115 Å². The zero-order chi connectivity index (χ0) is 96.2. The first-order valence-electron chi connectivity index (χ1n) is 43.2. The van der Waals surface area contributed by atoms with E-state index in [4.69, 9.17) is 61.6 Å². The van der Waals surface area contributed by atoms with Crippen molar-refractivity contribution in [2.75, 3.05) is 103 Å². The lowest BCUT2D eigenvalue weighted by Crippen LogP contribution is -2.49. The van der Waals surface area contributed by atoms with Crippen molar-refractivity contribution < 1.29 is 129 Å². The number of carbonyl (C=O) groups excluding carboxylic acids is 14. The molecule has 29 nitrogen and oxygen atoms in total. The fourth-order valence-electron chi connectivity index (χ4n) is 15.4. The number of esters is 9. The van der Waals surface area contributed by atoms with Crippen LogP contribution in [-0.2, 0) is 112 Å². The van der Waals surface area contributed by atoms with Crippen molar-refractivity contribution >= 4 is 94.0 Å². The van der Waals surface area contributed by atoms with E-state index in [1.54, 1.807) is 49.4 Å². The summed E-state index contributed by atoms with van der Waals surface area (Å²) in [6, 6.07) is 66.0. The van der Waals surface area contributed by atoms with Gasteiger partial charge in [-0.15, -0.1) is 0 Å². The lowest BCUT2D eigenvalue weighted by Gasteiger charge is -2.37. The number of nitrogens with one attached hydrogen (secondary N) is 2. The Morgan fingerprint density at radius 2 is 0.624 bits per heavy atom. The van der Waals surface area contributed by atoms with E-state index in [2.05, 4.69) is 16.7 Å². The molecule has 0 unspecified atom stereocenters. The highest BCUT2D eigenvalue weighted by molar-refractivity contribution is 6.08. The molecule has 0 saturated heterocycles. The van der Waals surface area contributed by atoms with E-state index in [0.717, 1.165) is 68.7 Å². The van der Waals surface area contributed by atoms with E-state index in [1.165, 1.54) is 62.3 Å². The van der Waals surface area contributed by atoms with E-state index in [0.29, 0.717) is 76.7 Å². The maximum atomic E-state index is 13.5. The number of para-hydroxylation sites is 2. The van der Waals surface area contributed by atoms with E-state index >= 15 is 0 Å². The van der Waals surface area contributed by atoms with Crippen molar-refractivity contribution in [1.82, 2.24) is 0 Å². The van der Waals surface area contributed by atoms with Crippen molar-refractivity contribution in [2.24, 2.45) is 27.1 Å². The smallest absolute Gasteiger partial charge is 0.302 e. The van der Waals surface area contributed by atoms with Crippen LogP contribution in [0.4, 0.5) is 11.4 Å². The van der Waals surface area contributed by atoms with Crippen LogP contribution < -0.4 is 29.6 Å². The summed E-state index contributed by atoms with van der Waals surface area (Å²) in [6.45, 7) is 16.2. The number of hydrogen-bond donors (Lipinski definition) is 2. The predicted molar refractivity (Wildman–Crippen MR) is 487 cm³/mol. The summed E-state index contributed by atoms with van der Waals surface area (Å²) in [4.78, 5) is 167. The van der Waals surface area contributed by atoms with E-state index in [9.17, 15) is 67.1 Å². The lowest BCUT2D eigenvalue weighted by molar-refractivity contribution is -0.152. The molecule has 29 heteroatoms. The highest BCUT2D eigenvalue weighted by atomic mass is 16.6. The molecule has 0 amide bonds. The molecular formula is C104H110N2O27. The third-order valence-electron chi connectivity index (χ3n) is 22.5. The Kier molecular flexibility index (Phi) is 34.9. The standard InChI is InChI=1S/C24H24N2O.C23H24O6.C22H22O6.C19H22O8.C16H18O6/c27-23-22-14-8-7-9-19(22)15-16-24(23,17-25-20-10-3-1-4-11-20)18-26-21-12-5-2-6-13-21;1-15-9-19(10-18-7-5-4-6-8-18)11-20-21(15)29-14-23(22(20)26,12-27-16(2)24)13-28-17(3)25;1-15(23)26-12-22(13-27-16(2)24)14-28-20-9-8-18(11-19(20)21(22)25)10-17-6-4-3-5-7-17;1-11-5-15(7-24-12(2)20)6-16-17(11)27-10-19(18(16)23,8-25-13(3)21)9-26-14(4)22;1-10-4-5-13-14(6-10)22-9-16(15(13)19,7-20-11(2)17)8-21-12(3)18/h1-14,25-26H,15-18H2;4-9,11H,10,12-14H2,1-3H3;3-9,11H,10,12-14H2,1-2H3;5-6H,7-10H2,1-4H3;4-6H,7-9H2,1-3H3. The van der Waals surface area contributed by atoms with E-state index in [-0.39, 0.29) is 120 Å². The Morgan fingerprint density at radius 3 is 1.04 bits per heavy atom. The van der Waals surface area contributed by atoms with Gasteiger partial charge in [0.25, 0.3) is 0 Å². The molecule has 0 saturated carbocycles. The third-order valence-corrected chi connectivity index (χ3v) is 22.5. The Hall–Kier alpha value is -14.6. The van der Waals surface area contributed by atoms with Crippen LogP contribution in [0.3, 0.4) is 0 Å². The largest absolute Gasteiger partial charge is 0.491 e. The minimum Gasteiger partial charge on any atom is -0.491 e. The molecule has 0 fully saturated rings. The summed E-state index contributed by atoms with van der Waals surface area (Å²) in [7, 11) is 0. The molecule has 9 aromatic carbocycles. The van der Waals surface area contributed by atoms with Gasteiger partial charge in [-0.05, 0) is 163 Å². The Morgan fingerprint density at radius 1 is 0.293 bits per heavy atom. The molecular weight excluding hydrogens is 1710 g/mol. The molecule has 14 rings (SSSR count). The van der Waals surface area contributed by atoms with Crippen molar-refractivity contribution in [1.29, 1.82) is 0 Å². The van der Waals surface area contributed by atoms with Crippen LogP contribution in [0.2, 0.25) is 0 Å². The number of benzene rings is 9. The van der Waals surface area contributed by atoms with Gasteiger partial charge in [-0.1, -0.05) is 140 Å². The maximum Gasteiger partial charge on any atom is 0.302 e. The highest BCUT2D eigenvalue weighted by Crippen LogP contribution is 2.44. The van der Waals surface area contributed by atoms with Crippen LogP contribution in [0.15, 0.2) is 206 Å². The average molecular weight is 1820 g/mol. The quantitative estimate of drug-likeness (QED) is 0.0340. The number of aryl methyl sites for hydroxylation is 4. The zero-order valence-electron chi connectivity index (χ0n) is 76.6. The average Bonchev–Trinajstić information content (AvgIpc) is 0.767. The number of ether oxygens (including phenoxy) is 13. The second-order valence-electron chi connectivity index (χ2n) is 33.6. The molecule has 0 spiro atoms. The van der Waals surface area contributed by atoms with Crippen LogP contribution >= 0.6 is 0 Å². The van der Waals surface area contributed by atoms with Crippen molar-refractivity contribution in [3.8, 4) is 23.0 Å². The SMILES string of the molecule is CC(=O)OCC1(COC(C)=O)COc2c(C)cc(Cc3ccccc3)cc2C1=O.CC(=O)OCC1(COC(C)=O)COc2cc(C)ccc2C1=O.CC(=O)OCC1(COC(C)=O)COc2ccc(Cc3ccccc3)cc2C1=O.CC(=O)OCc1cc(C)c2c(c1)C(=O)C(COC(C)=O)(COC(C)=O)CO2.O=C1c2ccccc2CCC1(CNc1ccccc1)CNc1ccccc1. The Bertz CT molecular complexity index is 5630. The molecule has 0 bridgehead atoms. The molecule has 698 valence electrons. The fraction of sp³-hybridized carbons (Fsp3) is 0.346. The number of Topliss-reactive ketones (excluding diaryl/α,β-unsaturated/α-hetero) is 5. The van der Waals surface area contributed by atoms with Crippen molar-refractivity contribution in [3.05, 3.63) is 284 Å². The van der Waals surface area contributed by atoms with Gasteiger partial charge in [0.2, 0.25) is 0 Å². The molecule has 0 radical (unpaired) electrons. The zero-order valence-corrected chi connectivity index (χ0v) is 76.6. The maximum absolute atomic E-state index is 13.5. The van der Waals surface area contributed by atoms with Gasteiger partial charge in [-0.25, -0.2) is 0 Å². The van der Waals surface area contributed by atoms with Gasteiger partial charge in [0, 0.05) is 92.3 Å². The number of rotatable bonds is 28. The van der Waals surface area contributed by atoms with Crippen LogP contribution in [-0.4, -0.2) is 175 Å². The molecule has 5 aliphatic rings. The summed E-state index contributed by atoms with van der Waals surface area (Å²) < 4.78 is 68.6. The molecule has 0 atom stereocenters. The summed E-state index contributed by atoms with van der Waals surface area (Å²) in [5, 5.41) is 6.98. The van der Waals surface area contributed by atoms with Crippen LogP contribution in [0.1, 0.15) is 171 Å². The summed E-state index contributed by atoms with van der Waals surface area (Å²) >= 11 is 0. The summed E-state index contributed by atoms with van der Waals surface area (Å²) in [6.07, 6.45) is 3.10. The van der Waals surface area contributed by atoms with Gasteiger partial charge in [-0.3, -0.25) is 67.1 Å². The first-order chi connectivity index (χ1) is 63.4. The Balaban J connectivity index is 0.000000173. The Labute approximate surface area is 771 Å². The van der Waals surface area contributed by atoms with Crippen LogP contribution in [0.5, 0.6) is 23.0 Å². The molecule has 4 heterocycles. The van der Waals surface area contributed by atoms with Gasteiger partial charge < -0.3 is 72.2 Å². The predicted octanol–water partition coefficient (Wildman–Crippen LogP) is 14.7. The topological polar surface area (TPSA) is 383 Å². The number of carbonyl (C=O) groups is 14. The van der Waals surface area contributed by atoms with Gasteiger partial charge in [0.1, 0.15) is 131 Å². The second kappa shape index (κ2) is 46.2. The first kappa shape index (κ1) is 101. The van der Waals surface area contributed by atoms with Gasteiger partial charge >= 0.3 is 53.7 Å². The molecule has 2 N–H and O–H groups in total. The first-order valence-corrected chi connectivity index (χ1v) is 43.2. The van der Waals surface area contributed by atoms with Crippen LogP contribution in [0.25, 0.3) is 0 Å². The number of anilines is 2. The minimum absolute atomic E-state index is 0.0111. The van der Waals surface area contributed by atoms with Crippen LogP contribution in [0, 0.1) is 47.8 Å². The second-order valence-corrected chi connectivity index (χ2v) is 33.6. The molecule has 0 aromatic heterocycles. The molecule has 4 aliphatic heterocycles. The summed E-state index contributed by atoms with van der Waals surface area (Å²) in [5.41, 5.74) is 7.41.